The van der Waals surface area contributed by atoms with Crippen molar-refractivity contribution in [3.05, 3.63) is 63.6 Å². The van der Waals surface area contributed by atoms with Crippen LogP contribution in [-0.2, 0) is 16.1 Å². The quantitative estimate of drug-likeness (QED) is 0.791. The zero-order chi connectivity index (χ0) is 19.2. The lowest BCUT2D eigenvalue weighted by atomic mass is 10.0. The predicted molar refractivity (Wildman–Crippen MR) is 106 cm³/mol. The Kier molecular flexibility index (Phi) is 6.96. The van der Waals surface area contributed by atoms with Crippen LogP contribution >= 0.6 is 23.2 Å². The summed E-state index contributed by atoms with van der Waals surface area (Å²) in [6.45, 7) is 2.91. The summed E-state index contributed by atoms with van der Waals surface area (Å²) in [7, 11) is 1.62. The van der Waals surface area contributed by atoms with Crippen LogP contribution < -0.4 is 10.1 Å². The number of amides is 1. The zero-order valence-electron chi connectivity index (χ0n) is 15.1. The largest absolute Gasteiger partial charge is 0.497 e. The van der Waals surface area contributed by atoms with Gasteiger partial charge in [-0.2, -0.15) is 0 Å². The molecule has 1 amide bonds. The molecule has 0 radical (unpaired) electrons. The van der Waals surface area contributed by atoms with Gasteiger partial charge in [0.1, 0.15) is 11.8 Å². The molecule has 0 aromatic heterocycles. The molecule has 144 valence electrons. The molecule has 2 aromatic carbocycles. The molecule has 1 aliphatic heterocycles. The van der Waals surface area contributed by atoms with Gasteiger partial charge < -0.3 is 14.8 Å². The standard InChI is InChI=1S/C20H22Cl2N2O3/c1-26-16-4-2-3-14(11-16)13-23-20(25)19(24-7-9-27-10-8-24)17-6-5-15(21)12-18(17)22/h2-6,11-12,19H,7-10,13H2,1H3,(H,23,25). The summed E-state index contributed by atoms with van der Waals surface area (Å²) in [5.41, 5.74) is 1.71. The Morgan fingerprint density at radius 2 is 2.00 bits per heavy atom. The van der Waals surface area contributed by atoms with Crippen LogP contribution in [0, 0.1) is 0 Å². The molecule has 0 bridgehead atoms. The third kappa shape index (κ3) is 5.14. The first-order valence-electron chi connectivity index (χ1n) is 8.76. The fourth-order valence-electron chi connectivity index (χ4n) is 3.13. The molecular formula is C20H22Cl2N2O3. The molecule has 1 saturated heterocycles. The van der Waals surface area contributed by atoms with Crippen LogP contribution in [0.15, 0.2) is 42.5 Å². The molecule has 5 nitrogen and oxygen atoms in total. The van der Waals surface area contributed by atoms with E-state index in [4.69, 9.17) is 32.7 Å². The third-order valence-corrected chi connectivity index (χ3v) is 5.08. The average Bonchev–Trinajstić information content (AvgIpc) is 2.69. The van der Waals surface area contributed by atoms with Crippen molar-refractivity contribution in [2.24, 2.45) is 0 Å². The number of hydrogen-bond donors (Lipinski definition) is 1. The van der Waals surface area contributed by atoms with Gasteiger partial charge in [0.15, 0.2) is 0 Å². The Labute approximate surface area is 169 Å². The second-order valence-electron chi connectivity index (χ2n) is 6.29. The number of benzene rings is 2. The Morgan fingerprint density at radius 3 is 2.70 bits per heavy atom. The number of methoxy groups -OCH3 is 1. The highest BCUT2D eigenvalue weighted by Gasteiger charge is 2.30. The molecule has 1 atom stereocenters. The van der Waals surface area contributed by atoms with Gasteiger partial charge in [-0.3, -0.25) is 9.69 Å². The van der Waals surface area contributed by atoms with Gasteiger partial charge in [0.25, 0.3) is 0 Å². The number of nitrogens with zero attached hydrogens (tertiary/aromatic N) is 1. The highest BCUT2D eigenvalue weighted by atomic mass is 35.5. The first-order chi connectivity index (χ1) is 13.1. The van der Waals surface area contributed by atoms with E-state index >= 15 is 0 Å². The normalized spacial score (nSPS) is 16.0. The molecule has 3 rings (SSSR count). The molecule has 0 aliphatic carbocycles. The summed E-state index contributed by atoms with van der Waals surface area (Å²) in [5, 5.41) is 4.04. The molecule has 1 heterocycles. The van der Waals surface area contributed by atoms with Crippen LogP contribution in [0.4, 0.5) is 0 Å². The Morgan fingerprint density at radius 1 is 1.22 bits per heavy atom. The third-order valence-electron chi connectivity index (χ3n) is 4.52. The van der Waals surface area contributed by atoms with Crippen molar-refractivity contribution in [1.82, 2.24) is 10.2 Å². The van der Waals surface area contributed by atoms with Crippen molar-refractivity contribution >= 4 is 29.1 Å². The number of carbonyl (C=O) groups is 1. The van der Waals surface area contributed by atoms with E-state index in [1.165, 1.54) is 0 Å². The van der Waals surface area contributed by atoms with Crippen LogP contribution in [-0.4, -0.2) is 44.2 Å². The lowest BCUT2D eigenvalue weighted by Crippen LogP contribution is -2.45. The maximum atomic E-state index is 13.1. The van der Waals surface area contributed by atoms with Gasteiger partial charge in [-0.25, -0.2) is 0 Å². The van der Waals surface area contributed by atoms with Gasteiger partial charge >= 0.3 is 0 Å². The van der Waals surface area contributed by atoms with Crippen molar-refractivity contribution in [3.8, 4) is 5.75 Å². The molecule has 7 heteroatoms. The molecule has 27 heavy (non-hydrogen) atoms. The Hall–Kier alpha value is -1.79. The Balaban J connectivity index is 1.79. The van der Waals surface area contributed by atoms with E-state index in [1.54, 1.807) is 19.2 Å². The minimum Gasteiger partial charge on any atom is -0.497 e. The molecule has 0 saturated carbocycles. The van der Waals surface area contributed by atoms with Gasteiger partial charge in [0, 0.05) is 29.7 Å². The van der Waals surface area contributed by atoms with Crippen LogP contribution in [0.3, 0.4) is 0 Å². The maximum Gasteiger partial charge on any atom is 0.242 e. The van der Waals surface area contributed by atoms with Gasteiger partial charge in [-0.05, 0) is 35.4 Å². The second kappa shape index (κ2) is 9.42. The molecular weight excluding hydrogens is 387 g/mol. The zero-order valence-corrected chi connectivity index (χ0v) is 16.6. The van der Waals surface area contributed by atoms with E-state index in [2.05, 4.69) is 10.2 Å². The van der Waals surface area contributed by atoms with E-state index in [-0.39, 0.29) is 5.91 Å². The van der Waals surface area contributed by atoms with E-state index in [0.29, 0.717) is 42.9 Å². The number of morpholine rings is 1. The van der Waals surface area contributed by atoms with Crippen molar-refractivity contribution in [3.63, 3.8) is 0 Å². The van der Waals surface area contributed by atoms with Crippen molar-refractivity contribution < 1.29 is 14.3 Å². The van der Waals surface area contributed by atoms with Crippen LogP contribution in [0.25, 0.3) is 0 Å². The SMILES string of the molecule is COc1cccc(CNC(=O)C(c2ccc(Cl)cc2Cl)N2CCOCC2)c1. The van der Waals surface area contributed by atoms with Gasteiger partial charge in [-0.1, -0.05) is 41.4 Å². The lowest BCUT2D eigenvalue weighted by Gasteiger charge is -2.34. The van der Waals surface area contributed by atoms with Crippen molar-refractivity contribution in [1.29, 1.82) is 0 Å². The molecule has 2 aromatic rings. The molecule has 1 N–H and O–H groups in total. The summed E-state index contributed by atoms with van der Waals surface area (Å²) < 4.78 is 10.7. The van der Waals surface area contributed by atoms with E-state index in [9.17, 15) is 4.79 Å². The van der Waals surface area contributed by atoms with Gasteiger partial charge in [0.05, 0.1) is 20.3 Å². The summed E-state index contributed by atoms with van der Waals surface area (Å²) in [6, 6.07) is 12.4. The summed E-state index contributed by atoms with van der Waals surface area (Å²) in [4.78, 5) is 15.2. The molecule has 0 spiro atoms. The van der Waals surface area contributed by atoms with Gasteiger partial charge in [-0.15, -0.1) is 0 Å². The molecule has 1 aliphatic rings. The summed E-state index contributed by atoms with van der Waals surface area (Å²) >= 11 is 12.4. The number of ether oxygens (including phenoxy) is 2. The second-order valence-corrected chi connectivity index (χ2v) is 7.13. The smallest absolute Gasteiger partial charge is 0.242 e. The van der Waals surface area contributed by atoms with Gasteiger partial charge in [0.2, 0.25) is 5.91 Å². The van der Waals surface area contributed by atoms with Crippen LogP contribution in [0.2, 0.25) is 10.0 Å². The Bertz CT molecular complexity index is 795. The highest BCUT2D eigenvalue weighted by Crippen LogP contribution is 2.31. The van der Waals surface area contributed by atoms with E-state index in [1.807, 2.05) is 30.3 Å². The molecule has 1 fully saturated rings. The fourth-order valence-corrected chi connectivity index (χ4v) is 3.64. The number of nitrogens with one attached hydrogen (secondary N) is 1. The monoisotopic (exact) mass is 408 g/mol. The van der Waals surface area contributed by atoms with Crippen LogP contribution in [0.5, 0.6) is 5.75 Å². The number of carbonyl (C=O) groups excluding carboxylic acids is 1. The van der Waals surface area contributed by atoms with E-state index < -0.39 is 6.04 Å². The minimum atomic E-state index is -0.496. The highest BCUT2D eigenvalue weighted by molar-refractivity contribution is 6.35. The number of rotatable bonds is 6. The first-order valence-corrected chi connectivity index (χ1v) is 9.51. The lowest BCUT2D eigenvalue weighted by molar-refractivity contribution is -0.128. The molecule has 1 unspecified atom stereocenters. The first kappa shape index (κ1) is 20.0. The van der Waals surface area contributed by atoms with Crippen LogP contribution in [0.1, 0.15) is 17.2 Å². The topological polar surface area (TPSA) is 50.8 Å². The number of halogens is 2. The van der Waals surface area contributed by atoms with E-state index in [0.717, 1.165) is 16.9 Å². The maximum absolute atomic E-state index is 13.1. The predicted octanol–water partition coefficient (Wildman–Crippen LogP) is 3.69. The van der Waals surface area contributed by atoms with Crippen molar-refractivity contribution in [2.75, 3.05) is 33.4 Å². The minimum absolute atomic E-state index is 0.107. The van der Waals surface area contributed by atoms with Crippen molar-refractivity contribution in [2.45, 2.75) is 12.6 Å². The average molecular weight is 409 g/mol. The fraction of sp³-hybridized carbons (Fsp3) is 0.350. The summed E-state index contributed by atoms with van der Waals surface area (Å²) in [6.07, 6.45) is 0. The summed E-state index contributed by atoms with van der Waals surface area (Å²) in [5.74, 6) is 0.649. The number of hydrogen-bond acceptors (Lipinski definition) is 4.